The molecule has 1 amide bonds. The molecule has 162 valence electrons. The van der Waals surface area contributed by atoms with Crippen LogP contribution in [0, 0.1) is 11.7 Å². The SMILES string of the molecule is CC[C@H](C)[C@H](NC(=O)CN1CCN(Cc2cc(F)ccc2OC)CC1)C(=O)OC. The second kappa shape index (κ2) is 11.1. The zero-order chi connectivity index (χ0) is 21.4. The Kier molecular flexibility index (Phi) is 8.85. The van der Waals surface area contributed by atoms with E-state index >= 15 is 0 Å². The molecule has 1 aliphatic heterocycles. The lowest BCUT2D eigenvalue weighted by atomic mass is 9.99. The van der Waals surface area contributed by atoms with Gasteiger partial charge in [0.2, 0.25) is 5.91 Å². The number of ether oxygens (including phenoxy) is 2. The van der Waals surface area contributed by atoms with Gasteiger partial charge in [0.25, 0.3) is 0 Å². The first-order valence-electron chi connectivity index (χ1n) is 10.0. The van der Waals surface area contributed by atoms with Crippen molar-refractivity contribution >= 4 is 11.9 Å². The molecule has 1 aromatic carbocycles. The standard InChI is InChI=1S/C21H32FN3O4/c1-5-15(2)20(21(27)29-4)23-19(26)14-25-10-8-24(9-11-25)13-16-12-17(22)6-7-18(16)28-3/h6-7,12,15,20H,5,8-11,13-14H2,1-4H3,(H,23,26)/t15-,20-/m0/s1. The molecule has 8 heteroatoms. The van der Waals surface area contributed by atoms with E-state index in [1.54, 1.807) is 13.2 Å². The molecule has 1 fully saturated rings. The van der Waals surface area contributed by atoms with Gasteiger partial charge in [-0.25, -0.2) is 9.18 Å². The van der Waals surface area contributed by atoms with Gasteiger partial charge in [0.05, 0.1) is 20.8 Å². The van der Waals surface area contributed by atoms with Gasteiger partial charge < -0.3 is 14.8 Å². The van der Waals surface area contributed by atoms with E-state index in [0.29, 0.717) is 12.3 Å². The average Bonchev–Trinajstić information content (AvgIpc) is 2.72. The van der Waals surface area contributed by atoms with Gasteiger partial charge in [-0.15, -0.1) is 0 Å². The highest BCUT2D eigenvalue weighted by molar-refractivity contribution is 5.85. The molecule has 7 nitrogen and oxygen atoms in total. The van der Waals surface area contributed by atoms with Crippen molar-refractivity contribution in [2.75, 3.05) is 46.9 Å². The molecular formula is C21H32FN3O4. The van der Waals surface area contributed by atoms with Crippen molar-refractivity contribution in [1.82, 2.24) is 15.1 Å². The van der Waals surface area contributed by atoms with Crippen molar-refractivity contribution in [3.8, 4) is 5.75 Å². The highest BCUT2D eigenvalue weighted by atomic mass is 19.1. The first-order valence-corrected chi connectivity index (χ1v) is 10.0. The van der Waals surface area contributed by atoms with E-state index in [1.165, 1.54) is 19.2 Å². The van der Waals surface area contributed by atoms with Crippen LogP contribution in [0.5, 0.6) is 5.75 Å². The van der Waals surface area contributed by atoms with Crippen molar-refractivity contribution in [1.29, 1.82) is 0 Å². The molecule has 0 saturated carbocycles. The van der Waals surface area contributed by atoms with Gasteiger partial charge >= 0.3 is 5.97 Å². The van der Waals surface area contributed by atoms with Crippen LogP contribution < -0.4 is 10.1 Å². The monoisotopic (exact) mass is 409 g/mol. The summed E-state index contributed by atoms with van der Waals surface area (Å²) in [5.74, 6) is -0.198. The summed E-state index contributed by atoms with van der Waals surface area (Å²) < 4.78 is 23.7. The first kappa shape index (κ1) is 23.1. The van der Waals surface area contributed by atoms with Gasteiger partial charge in [0, 0.05) is 38.3 Å². The van der Waals surface area contributed by atoms with Gasteiger partial charge in [-0.05, 0) is 24.1 Å². The number of benzene rings is 1. The molecule has 1 N–H and O–H groups in total. The fourth-order valence-corrected chi connectivity index (χ4v) is 3.44. The molecule has 0 aromatic heterocycles. The quantitative estimate of drug-likeness (QED) is 0.626. The van der Waals surface area contributed by atoms with E-state index in [2.05, 4.69) is 15.1 Å². The van der Waals surface area contributed by atoms with Crippen molar-refractivity contribution in [3.05, 3.63) is 29.6 Å². The molecule has 0 unspecified atom stereocenters. The number of hydrogen-bond donors (Lipinski definition) is 1. The number of nitrogens with one attached hydrogen (secondary N) is 1. The van der Waals surface area contributed by atoms with E-state index in [9.17, 15) is 14.0 Å². The summed E-state index contributed by atoms with van der Waals surface area (Å²) in [6.45, 7) is 7.69. The number of carbonyl (C=O) groups excluding carboxylic acids is 2. The Morgan fingerprint density at radius 2 is 1.83 bits per heavy atom. The minimum Gasteiger partial charge on any atom is -0.496 e. The Balaban J connectivity index is 1.84. The zero-order valence-corrected chi connectivity index (χ0v) is 17.7. The molecule has 2 rings (SSSR count). The van der Waals surface area contributed by atoms with E-state index in [4.69, 9.17) is 9.47 Å². The van der Waals surface area contributed by atoms with E-state index in [-0.39, 0.29) is 24.2 Å². The highest BCUT2D eigenvalue weighted by Crippen LogP contribution is 2.21. The number of amides is 1. The van der Waals surface area contributed by atoms with E-state index in [1.807, 2.05) is 13.8 Å². The Morgan fingerprint density at radius 3 is 2.41 bits per heavy atom. The number of nitrogens with zero attached hydrogens (tertiary/aromatic N) is 2. The third kappa shape index (κ3) is 6.68. The van der Waals surface area contributed by atoms with Crippen molar-refractivity contribution < 1.29 is 23.5 Å². The minimum absolute atomic E-state index is 0.00416. The number of carbonyl (C=O) groups is 2. The molecule has 2 atom stereocenters. The summed E-state index contributed by atoms with van der Waals surface area (Å²) in [5, 5.41) is 2.81. The molecule has 0 radical (unpaired) electrons. The second-order valence-electron chi connectivity index (χ2n) is 7.46. The van der Waals surface area contributed by atoms with Crippen LogP contribution in [0.25, 0.3) is 0 Å². The Morgan fingerprint density at radius 1 is 1.17 bits per heavy atom. The van der Waals surface area contributed by atoms with E-state index < -0.39 is 12.0 Å². The summed E-state index contributed by atoms with van der Waals surface area (Å²) in [4.78, 5) is 28.6. The van der Waals surface area contributed by atoms with Crippen LogP contribution in [0.2, 0.25) is 0 Å². The summed E-state index contributed by atoms with van der Waals surface area (Å²) in [5.41, 5.74) is 0.813. The average molecular weight is 410 g/mol. The predicted octanol–water partition coefficient (Wildman–Crippen LogP) is 1.66. The Bertz CT molecular complexity index is 693. The molecule has 0 aliphatic carbocycles. The number of piperazine rings is 1. The van der Waals surface area contributed by atoms with Gasteiger partial charge in [-0.2, -0.15) is 0 Å². The first-order chi connectivity index (χ1) is 13.9. The number of halogens is 1. The third-order valence-corrected chi connectivity index (χ3v) is 5.45. The molecule has 1 aliphatic rings. The molecule has 1 saturated heterocycles. The van der Waals surface area contributed by atoms with Crippen molar-refractivity contribution in [2.24, 2.45) is 5.92 Å². The molecule has 0 spiro atoms. The predicted molar refractivity (Wildman–Crippen MR) is 108 cm³/mol. The number of methoxy groups -OCH3 is 2. The molecular weight excluding hydrogens is 377 g/mol. The number of hydrogen-bond acceptors (Lipinski definition) is 6. The largest absolute Gasteiger partial charge is 0.496 e. The van der Waals surface area contributed by atoms with Crippen LogP contribution in [-0.4, -0.2) is 74.7 Å². The second-order valence-corrected chi connectivity index (χ2v) is 7.46. The van der Waals surface area contributed by atoms with Crippen LogP contribution in [0.1, 0.15) is 25.8 Å². The van der Waals surface area contributed by atoms with Crippen LogP contribution in [0.3, 0.4) is 0 Å². The maximum absolute atomic E-state index is 13.6. The lowest BCUT2D eigenvalue weighted by Crippen LogP contribution is -2.52. The molecule has 1 heterocycles. The van der Waals surface area contributed by atoms with Crippen LogP contribution >= 0.6 is 0 Å². The van der Waals surface area contributed by atoms with Gasteiger partial charge in [-0.3, -0.25) is 14.6 Å². The van der Waals surface area contributed by atoms with Gasteiger partial charge in [0.15, 0.2) is 0 Å². The van der Waals surface area contributed by atoms with Crippen molar-refractivity contribution in [3.63, 3.8) is 0 Å². The minimum atomic E-state index is -0.626. The molecule has 0 bridgehead atoms. The van der Waals surface area contributed by atoms with Crippen LogP contribution in [-0.2, 0) is 20.9 Å². The summed E-state index contributed by atoms with van der Waals surface area (Å²) in [7, 11) is 2.91. The maximum Gasteiger partial charge on any atom is 0.328 e. The summed E-state index contributed by atoms with van der Waals surface area (Å²) >= 11 is 0. The highest BCUT2D eigenvalue weighted by Gasteiger charge is 2.28. The smallest absolute Gasteiger partial charge is 0.328 e. The normalized spacial score (nSPS) is 17.4. The van der Waals surface area contributed by atoms with Crippen molar-refractivity contribution in [2.45, 2.75) is 32.9 Å². The fraction of sp³-hybridized carbons (Fsp3) is 0.619. The van der Waals surface area contributed by atoms with Crippen LogP contribution in [0.15, 0.2) is 18.2 Å². The van der Waals surface area contributed by atoms with Gasteiger partial charge in [-0.1, -0.05) is 20.3 Å². The lowest BCUT2D eigenvalue weighted by molar-refractivity contribution is -0.146. The number of rotatable bonds is 9. The lowest BCUT2D eigenvalue weighted by Gasteiger charge is -2.34. The summed E-state index contributed by atoms with van der Waals surface area (Å²) in [6.07, 6.45) is 0.766. The molecule has 1 aromatic rings. The third-order valence-electron chi connectivity index (χ3n) is 5.45. The summed E-state index contributed by atoms with van der Waals surface area (Å²) in [6, 6.07) is 3.90. The molecule has 29 heavy (non-hydrogen) atoms. The van der Waals surface area contributed by atoms with E-state index in [0.717, 1.165) is 38.2 Å². The van der Waals surface area contributed by atoms with Crippen LogP contribution in [0.4, 0.5) is 4.39 Å². The Labute approximate surface area is 172 Å². The number of esters is 1. The Hall–Kier alpha value is -2.19. The van der Waals surface area contributed by atoms with Gasteiger partial charge in [0.1, 0.15) is 17.6 Å². The topological polar surface area (TPSA) is 71.1 Å². The fourth-order valence-electron chi connectivity index (χ4n) is 3.44. The maximum atomic E-state index is 13.6. The zero-order valence-electron chi connectivity index (χ0n) is 17.7.